The molecule has 0 radical (unpaired) electrons. The third kappa shape index (κ3) is 3.23. The van der Waals surface area contributed by atoms with E-state index in [-0.39, 0.29) is 5.82 Å². The minimum absolute atomic E-state index is 0.206. The summed E-state index contributed by atoms with van der Waals surface area (Å²) in [6.45, 7) is 0. The molecular formula is C15H11FN2S2. The SMILES string of the molecule is Fc1cccc(CSc2ccc(-c3cccs3)nn2)c1. The molecule has 3 rings (SSSR count). The molecule has 0 aliphatic rings. The summed E-state index contributed by atoms with van der Waals surface area (Å²) in [4.78, 5) is 1.11. The second kappa shape index (κ2) is 6.15. The number of aromatic nitrogens is 2. The van der Waals surface area contributed by atoms with Crippen LogP contribution in [-0.2, 0) is 5.75 Å². The topological polar surface area (TPSA) is 25.8 Å². The normalized spacial score (nSPS) is 10.7. The maximum atomic E-state index is 13.1. The maximum absolute atomic E-state index is 13.1. The summed E-state index contributed by atoms with van der Waals surface area (Å²) in [5.74, 6) is 0.479. The van der Waals surface area contributed by atoms with Crippen LogP contribution in [0.3, 0.4) is 0 Å². The molecule has 2 aromatic heterocycles. The molecule has 100 valence electrons. The van der Waals surface area contributed by atoms with Gasteiger partial charge in [0, 0.05) is 5.75 Å². The highest BCUT2D eigenvalue weighted by Gasteiger charge is 2.03. The highest BCUT2D eigenvalue weighted by Crippen LogP contribution is 2.25. The minimum atomic E-state index is -0.206. The molecule has 2 heterocycles. The fourth-order valence-electron chi connectivity index (χ4n) is 1.74. The van der Waals surface area contributed by atoms with Crippen LogP contribution in [0.4, 0.5) is 4.39 Å². The number of benzene rings is 1. The Balaban J connectivity index is 1.67. The van der Waals surface area contributed by atoms with Crippen molar-refractivity contribution in [2.75, 3.05) is 0 Å². The Morgan fingerprint density at radius 1 is 1.05 bits per heavy atom. The molecule has 0 N–H and O–H groups in total. The first-order valence-electron chi connectivity index (χ1n) is 6.06. The molecule has 0 aliphatic heterocycles. The predicted octanol–water partition coefficient (Wildman–Crippen LogP) is 4.64. The molecule has 0 unspecified atom stereocenters. The fraction of sp³-hybridized carbons (Fsp3) is 0.0667. The molecule has 0 saturated heterocycles. The monoisotopic (exact) mass is 302 g/mol. The van der Waals surface area contributed by atoms with E-state index in [4.69, 9.17) is 0 Å². The van der Waals surface area contributed by atoms with Gasteiger partial charge in [-0.15, -0.1) is 21.5 Å². The van der Waals surface area contributed by atoms with Crippen molar-refractivity contribution in [1.29, 1.82) is 0 Å². The van der Waals surface area contributed by atoms with Crippen LogP contribution < -0.4 is 0 Å². The third-order valence-electron chi connectivity index (χ3n) is 2.69. The first-order valence-corrected chi connectivity index (χ1v) is 7.93. The highest BCUT2D eigenvalue weighted by atomic mass is 32.2. The second-order valence-corrected chi connectivity index (χ2v) is 6.10. The van der Waals surface area contributed by atoms with Gasteiger partial charge >= 0.3 is 0 Å². The number of nitrogens with zero attached hydrogens (tertiary/aromatic N) is 2. The Morgan fingerprint density at radius 3 is 2.70 bits per heavy atom. The van der Waals surface area contributed by atoms with Gasteiger partial charge in [0.2, 0.25) is 0 Å². The number of thiophene rings is 1. The van der Waals surface area contributed by atoms with E-state index in [1.165, 1.54) is 6.07 Å². The average molecular weight is 302 g/mol. The quantitative estimate of drug-likeness (QED) is 0.657. The summed E-state index contributed by atoms with van der Waals surface area (Å²) >= 11 is 3.19. The van der Waals surface area contributed by atoms with Crippen molar-refractivity contribution in [3.8, 4) is 10.6 Å². The number of hydrogen-bond acceptors (Lipinski definition) is 4. The summed E-state index contributed by atoms with van der Waals surface area (Å²) in [6, 6.07) is 14.5. The first kappa shape index (κ1) is 13.3. The molecule has 0 saturated carbocycles. The van der Waals surface area contributed by atoms with E-state index in [9.17, 15) is 4.39 Å². The molecule has 0 fully saturated rings. The highest BCUT2D eigenvalue weighted by molar-refractivity contribution is 7.98. The lowest BCUT2D eigenvalue weighted by Gasteiger charge is -2.02. The Morgan fingerprint density at radius 2 is 2.00 bits per heavy atom. The summed E-state index contributed by atoms with van der Waals surface area (Å²) in [6.07, 6.45) is 0. The zero-order valence-electron chi connectivity index (χ0n) is 10.5. The van der Waals surface area contributed by atoms with E-state index < -0.39 is 0 Å². The summed E-state index contributed by atoms with van der Waals surface area (Å²) in [7, 11) is 0. The lowest BCUT2D eigenvalue weighted by atomic mass is 10.2. The number of thioether (sulfide) groups is 1. The van der Waals surface area contributed by atoms with E-state index in [0.29, 0.717) is 5.75 Å². The first-order chi connectivity index (χ1) is 9.81. The van der Waals surface area contributed by atoms with Crippen LogP contribution in [0, 0.1) is 5.82 Å². The van der Waals surface area contributed by atoms with Gasteiger partial charge in [0.05, 0.1) is 4.88 Å². The Hall–Kier alpha value is -1.72. The van der Waals surface area contributed by atoms with Gasteiger partial charge in [-0.3, -0.25) is 0 Å². The van der Waals surface area contributed by atoms with Crippen LogP contribution in [0.2, 0.25) is 0 Å². The van der Waals surface area contributed by atoms with Crippen molar-refractivity contribution in [3.63, 3.8) is 0 Å². The van der Waals surface area contributed by atoms with Crippen LogP contribution in [0.1, 0.15) is 5.56 Å². The number of rotatable bonds is 4. The molecule has 0 amide bonds. The number of hydrogen-bond donors (Lipinski definition) is 0. The van der Waals surface area contributed by atoms with Gasteiger partial charge in [-0.2, -0.15) is 0 Å². The third-order valence-corrected chi connectivity index (χ3v) is 4.57. The van der Waals surface area contributed by atoms with E-state index in [2.05, 4.69) is 10.2 Å². The molecular weight excluding hydrogens is 291 g/mol. The van der Waals surface area contributed by atoms with Gasteiger partial charge in [0.25, 0.3) is 0 Å². The van der Waals surface area contributed by atoms with Gasteiger partial charge in [-0.05, 0) is 41.3 Å². The standard InChI is InChI=1S/C15H11FN2S2/c16-12-4-1-3-11(9-12)10-20-15-7-6-13(17-18-15)14-5-2-8-19-14/h1-9H,10H2. The summed E-state index contributed by atoms with van der Waals surface area (Å²) in [5.41, 5.74) is 1.83. The lowest BCUT2D eigenvalue weighted by Crippen LogP contribution is -1.89. The molecule has 2 nitrogen and oxygen atoms in total. The van der Waals surface area contributed by atoms with Crippen molar-refractivity contribution in [1.82, 2.24) is 10.2 Å². The van der Waals surface area contributed by atoms with Crippen molar-refractivity contribution in [3.05, 3.63) is 65.3 Å². The van der Waals surface area contributed by atoms with Gasteiger partial charge in [-0.25, -0.2) is 4.39 Å². The van der Waals surface area contributed by atoms with Gasteiger partial charge in [0.1, 0.15) is 16.5 Å². The Labute approximate surface area is 124 Å². The molecule has 1 aromatic carbocycles. The molecule has 0 atom stereocenters. The van der Waals surface area contributed by atoms with E-state index in [1.54, 1.807) is 35.2 Å². The van der Waals surface area contributed by atoms with Crippen molar-refractivity contribution in [2.24, 2.45) is 0 Å². The molecule has 0 spiro atoms. The molecule has 0 aliphatic carbocycles. The van der Waals surface area contributed by atoms with Crippen LogP contribution >= 0.6 is 23.1 Å². The molecule has 20 heavy (non-hydrogen) atoms. The van der Waals surface area contributed by atoms with Crippen LogP contribution in [0.5, 0.6) is 0 Å². The zero-order chi connectivity index (χ0) is 13.8. The predicted molar refractivity (Wildman–Crippen MR) is 81.3 cm³/mol. The van der Waals surface area contributed by atoms with E-state index in [0.717, 1.165) is 21.2 Å². The summed E-state index contributed by atoms with van der Waals surface area (Å²) in [5, 5.41) is 11.3. The maximum Gasteiger partial charge on any atom is 0.123 e. The van der Waals surface area contributed by atoms with E-state index in [1.807, 2.05) is 35.7 Å². The van der Waals surface area contributed by atoms with Crippen molar-refractivity contribution in [2.45, 2.75) is 10.8 Å². The molecule has 0 bridgehead atoms. The fourth-order valence-corrected chi connectivity index (χ4v) is 3.18. The lowest BCUT2D eigenvalue weighted by molar-refractivity contribution is 0.626. The van der Waals surface area contributed by atoms with Gasteiger partial charge < -0.3 is 0 Å². The zero-order valence-corrected chi connectivity index (χ0v) is 12.1. The van der Waals surface area contributed by atoms with Gasteiger partial charge in [-0.1, -0.05) is 30.0 Å². The number of halogens is 1. The van der Waals surface area contributed by atoms with Crippen molar-refractivity contribution >= 4 is 23.1 Å². The Kier molecular flexibility index (Phi) is 4.08. The van der Waals surface area contributed by atoms with Crippen LogP contribution in [0.25, 0.3) is 10.6 Å². The molecule has 5 heteroatoms. The van der Waals surface area contributed by atoms with Crippen LogP contribution in [0.15, 0.2) is 58.9 Å². The van der Waals surface area contributed by atoms with Crippen molar-refractivity contribution < 1.29 is 4.39 Å². The summed E-state index contributed by atoms with van der Waals surface area (Å²) < 4.78 is 13.1. The average Bonchev–Trinajstić information content (AvgIpc) is 3.00. The smallest absolute Gasteiger partial charge is 0.123 e. The minimum Gasteiger partial charge on any atom is -0.207 e. The van der Waals surface area contributed by atoms with Crippen LogP contribution in [-0.4, -0.2) is 10.2 Å². The largest absolute Gasteiger partial charge is 0.207 e. The molecule has 3 aromatic rings. The van der Waals surface area contributed by atoms with Gasteiger partial charge in [0.15, 0.2) is 0 Å². The van der Waals surface area contributed by atoms with E-state index >= 15 is 0 Å². The second-order valence-electron chi connectivity index (χ2n) is 4.15. The Bertz CT molecular complexity index is 681.